The summed E-state index contributed by atoms with van der Waals surface area (Å²) < 4.78 is 0. The minimum Gasteiger partial charge on any atom is -0.368 e. The molecule has 0 aromatic rings. The number of likely N-dealkylation sites (tertiary alicyclic amines) is 1. The zero-order valence-electron chi connectivity index (χ0n) is 10.8. The minimum atomic E-state index is -0.555. The highest BCUT2D eigenvalue weighted by atomic mass is 16.1. The summed E-state index contributed by atoms with van der Waals surface area (Å²) >= 11 is 0. The van der Waals surface area contributed by atoms with Crippen molar-refractivity contribution in [3.8, 4) is 0 Å². The third-order valence-corrected chi connectivity index (χ3v) is 3.55. The molecule has 0 aromatic heterocycles. The van der Waals surface area contributed by atoms with Crippen molar-refractivity contribution in [2.75, 3.05) is 26.2 Å². The van der Waals surface area contributed by atoms with Gasteiger partial charge in [0.2, 0.25) is 5.91 Å². The number of carbonyl (C=O) groups is 1. The fourth-order valence-electron chi connectivity index (χ4n) is 2.30. The lowest BCUT2D eigenvalue weighted by molar-refractivity contribution is -0.124. The monoisotopic (exact) mass is 227 g/mol. The lowest BCUT2D eigenvalue weighted by Gasteiger charge is -2.29. The Hall–Kier alpha value is -0.610. The van der Waals surface area contributed by atoms with E-state index in [1.807, 2.05) is 13.8 Å². The van der Waals surface area contributed by atoms with Gasteiger partial charge in [0.1, 0.15) is 0 Å². The van der Waals surface area contributed by atoms with Gasteiger partial charge in [0.15, 0.2) is 0 Å². The third kappa shape index (κ3) is 3.46. The molecule has 1 aliphatic rings. The quantitative estimate of drug-likeness (QED) is 0.697. The molecule has 3 N–H and O–H groups in total. The molecule has 16 heavy (non-hydrogen) atoms. The second-order valence-electron chi connectivity index (χ2n) is 5.17. The van der Waals surface area contributed by atoms with E-state index in [1.165, 1.54) is 6.42 Å². The van der Waals surface area contributed by atoms with Crippen LogP contribution < -0.4 is 11.1 Å². The minimum absolute atomic E-state index is 0.249. The van der Waals surface area contributed by atoms with E-state index in [0.717, 1.165) is 38.5 Å². The van der Waals surface area contributed by atoms with Gasteiger partial charge in [-0.05, 0) is 38.8 Å². The van der Waals surface area contributed by atoms with Crippen molar-refractivity contribution >= 4 is 5.91 Å². The largest absolute Gasteiger partial charge is 0.368 e. The van der Waals surface area contributed by atoms with Gasteiger partial charge in [0.25, 0.3) is 0 Å². The maximum atomic E-state index is 11.4. The van der Waals surface area contributed by atoms with Gasteiger partial charge in [0.05, 0.1) is 5.54 Å². The Morgan fingerprint density at radius 1 is 1.62 bits per heavy atom. The summed E-state index contributed by atoms with van der Waals surface area (Å²) in [6.45, 7) is 10.2. The first-order chi connectivity index (χ1) is 7.48. The molecular formula is C12H25N3O. The molecule has 0 aliphatic carbocycles. The van der Waals surface area contributed by atoms with Crippen LogP contribution in [0.15, 0.2) is 0 Å². The molecule has 0 bridgehead atoms. The zero-order valence-corrected chi connectivity index (χ0v) is 10.8. The van der Waals surface area contributed by atoms with E-state index in [9.17, 15) is 4.79 Å². The van der Waals surface area contributed by atoms with Crippen LogP contribution in [0.2, 0.25) is 0 Å². The molecule has 0 saturated carbocycles. The molecule has 4 heteroatoms. The Morgan fingerprint density at radius 3 is 2.75 bits per heavy atom. The molecule has 1 heterocycles. The van der Waals surface area contributed by atoms with Gasteiger partial charge in [-0.15, -0.1) is 0 Å². The van der Waals surface area contributed by atoms with E-state index in [4.69, 9.17) is 5.73 Å². The summed E-state index contributed by atoms with van der Waals surface area (Å²) in [5.74, 6) is 0.542. The van der Waals surface area contributed by atoms with E-state index >= 15 is 0 Å². The van der Waals surface area contributed by atoms with Gasteiger partial charge in [-0.2, -0.15) is 0 Å². The molecule has 2 atom stereocenters. The smallest absolute Gasteiger partial charge is 0.237 e. The number of rotatable bonds is 6. The Balaban J connectivity index is 2.41. The lowest BCUT2D eigenvalue weighted by atomic mass is 9.96. The van der Waals surface area contributed by atoms with Gasteiger partial charge in [-0.3, -0.25) is 4.79 Å². The Labute approximate surface area is 98.6 Å². The summed E-state index contributed by atoms with van der Waals surface area (Å²) in [5.41, 5.74) is 4.89. The van der Waals surface area contributed by atoms with Gasteiger partial charge in [-0.1, -0.05) is 13.8 Å². The average Bonchev–Trinajstić information content (AvgIpc) is 2.61. The number of nitrogens with two attached hydrogens (primary N) is 1. The number of amides is 1. The van der Waals surface area contributed by atoms with Crippen LogP contribution >= 0.6 is 0 Å². The van der Waals surface area contributed by atoms with E-state index in [-0.39, 0.29) is 5.91 Å². The van der Waals surface area contributed by atoms with Gasteiger partial charge >= 0.3 is 0 Å². The standard InChI is InChI=1S/C12H25N3O/c1-4-14-12(3,11(13)16)6-8-15-7-5-10(2)9-15/h10,14H,4-9H2,1-3H3,(H2,13,16). The van der Waals surface area contributed by atoms with E-state index < -0.39 is 5.54 Å². The molecule has 1 rings (SSSR count). The summed E-state index contributed by atoms with van der Waals surface area (Å²) in [6.07, 6.45) is 2.07. The molecule has 0 spiro atoms. The first-order valence-corrected chi connectivity index (χ1v) is 6.25. The van der Waals surface area contributed by atoms with Crippen LogP contribution in [0.3, 0.4) is 0 Å². The number of primary amides is 1. The summed E-state index contributed by atoms with van der Waals surface area (Å²) in [5, 5.41) is 3.19. The zero-order chi connectivity index (χ0) is 12.2. The maximum Gasteiger partial charge on any atom is 0.237 e. The molecule has 1 amide bonds. The number of nitrogens with zero attached hydrogens (tertiary/aromatic N) is 1. The number of hydrogen-bond donors (Lipinski definition) is 2. The van der Waals surface area contributed by atoms with Crippen LogP contribution in [0.25, 0.3) is 0 Å². The molecule has 2 unspecified atom stereocenters. The lowest BCUT2D eigenvalue weighted by Crippen LogP contribution is -2.54. The van der Waals surface area contributed by atoms with Crippen molar-refractivity contribution in [3.05, 3.63) is 0 Å². The molecular weight excluding hydrogens is 202 g/mol. The SMILES string of the molecule is CCNC(C)(CCN1CCC(C)C1)C(N)=O. The Bertz CT molecular complexity index is 244. The molecule has 94 valence electrons. The number of hydrogen-bond acceptors (Lipinski definition) is 3. The fourth-order valence-corrected chi connectivity index (χ4v) is 2.30. The van der Waals surface area contributed by atoms with Crippen molar-refractivity contribution in [1.82, 2.24) is 10.2 Å². The normalized spacial score (nSPS) is 25.6. The van der Waals surface area contributed by atoms with Crippen molar-refractivity contribution in [1.29, 1.82) is 0 Å². The predicted molar refractivity (Wildman–Crippen MR) is 66.1 cm³/mol. The summed E-state index contributed by atoms with van der Waals surface area (Å²) in [6, 6.07) is 0. The first kappa shape index (κ1) is 13.5. The van der Waals surface area contributed by atoms with Crippen molar-refractivity contribution in [2.24, 2.45) is 11.7 Å². The second-order valence-corrected chi connectivity index (χ2v) is 5.17. The highest BCUT2D eigenvalue weighted by molar-refractivity contribution is 5.84. The molecule has 0 aromatic carbocycles. The van der Waals surface area contributed by atoms with Crippen LogP contribution in [0.5, 0.6) is 0 Å². The molecule has 0 radical (unpaired) electrons. The Kier molecular flexibility index (Phi) is 4.74. The Morgan fingerprint density at radius 2 is 2.31 bits per heavy atom. The molecule has 1 fully saturated rings. The number of nitrogens with one attached hydrogen (secondary N) is 1. The maximum absolute atomic E-state index is 11.4. The van der Waals surface area contributed by atoms with Crippen LogP contribution in [-0.4, -0.2) is 42.5 Å². The van der Waals surface area contributed by atoms with Gasteiger partial charge in [-0.25, -0.2) is 0 Å². The van der Waals surface area contributed by atoms with Crippen molar-refractivity contribution in [3.63, 3.8) is 0 Å². The highest BCUT2D eigenvalue weighted by Crippen LogP contribution is 2.17. The van der Waals surface area contributed by atoms with E-state index in [1.54, 1.807) is 0 Å². The van der Waals surface area contributed by atoms with E-state index in [0.29, 0.717) is 0 Å². The van der Waals surface area contributed by atoms with Gasteiger partial charge < -0.3 is 16.0 Å². The van der Waals surface area contributed by atoms with Crippen LogP contribution in [0.1, 0.15) is 33.6 Å². The number of likely N-dealkylation sites (N-methyl/N-ethyl adjacent to an activating group) is 1. The van der Waals surface area contributed by atoms with Crippen molar-refractivity contribution in [2.45, 2.75) is 39.2 Å². The topological polar surface area (TPSA) is 58.4 Å². The molecule has 1 saturated heterocycles. The second kappa shape index (κ2) is 5.64. The summed E-state index contributed by atoms with van der Waals surface area (Å²) in [4.78, 5) is 13.8. The van der Waals surface area contributed by atoms with Crippen LogP contribution in [0, 0.1) is 5.92 Å². The van der Waals surface area contributed by atoms with Gasteiger partial charge in [0, 0.05) is 13.1 Å². The van der Waals surface area contributed by atoms with Crippen LogP contribution in [-0.2, 0) is 4.79 Å². The fraction of sp³-hybridized carbons (Fsp3) is 0.917. The van der Waals surface area contributed by atoms with Crippen molar-refractivity contribution < 1.29 is 4.79 Å². The summed E-state index contributed by atoms with van der Waals surface area (Å²) in [7, 11) is 0. The first-order valence-electron chi connectivity index (χ1n) is 6.25. The number of carbonyl (C=O) groups excluding carboxylic acids is 1. The predicted octanol–water partition coefficient (Wildman–Crippen LogP) is 0.572. The van der Waals surface area contributed by atoms with Crippen LogP contribution in [0.4, 0.5) is 0 Å². The van der Waals surface area contributed by atoms with E-state index in [2.05, 4.69) is 17.1 Å². The highest BCUT2D eigenvalue weighted by Gasteiger charge is 2.31. The molecule has 4 nitrogen and oxygen atoms in total. The molecule has 1 aliphatic heterocycles. The average molecular weight is 227 g/mol. The third-order valence-electron chi connectivity index (χ3n) is 3.55.